The topological polar surface area (TPSA) is 29.1 Å². The second-order valence-corrected chi connectivity index (χ2v) is 5.80. The molecule has 0 unspecified atom stereocenters. The Labute approximate surface area is 99.5 Å². The number of nitrogens with one attached hydrogen (secondary N) is 1. The molecule has 2 nitrogen and oxygen atoms in total. The molecule has 0 aromatic rings. The van der Waals surface area contributed by atoms with Crippen LogP contribution >= 0.6 is 0 Å². The second-order valence-electron chi connectivity index (χ2n) is 5.80. The average Bonchev–Trinajstić information content (AvgIpc) is 2.67. The Bertz CT molecular complexity index is 260. The third-order valence-electron chi connectivity index (χ3n) is 3.07. The van der Waals surface area contributed by atoms with Crippen molar-refractivity contribution in [1.29, 1.82) is 0 Å². The van der Waals surface area contributed by atoms with Crippen LogP contribution in [0.2, 0.25) is 0 Å². The van der Waals surface area contributed by atoms with Gasteiger partial charge in [-0.2, -0.15) is 0 Å². The van der Waals surface area contributed by atoms with Gasteiger partial charge in [-0.15, -0.1) is 0 Å². The maximum absolute atomic E-state index is 12.0. The van der Waals surface area contributed by atoms with E-state index in [1.165, 1.54) is 12.8 Å². The number of carbonyl (C=O) groups is 1. The van der Waals surface area contributed by atoms with Crippen LogP contribution in [0.3, 0.4) is 0 Å². The zero-order chi connectivity index (χ0) is 12.2. The maximum atomic E-state index is 12.0. The first kappa shape index (κ1) is 13.3. The van der Waals surface area contributed by atoms with E-state index in [0.717, 1.165) is 12.8 Å². The lowest BCUT2D eigenvalue weighted by Gasteiger charge is -2.24. The molecular formula is C14H25NO. The van der Waals surface area contributed by atoms with E-state index in [1.54, 1.807) is 0 Å². The predicted molar refractivity (Wildman–Crippen MR) is 68.2 cm³/mol. The summed E-state index contributed by atoms with van der Waals surface area (Å²) >= 11 is 0. The molecule has 2 heteroatoms. The molecule has 92 valence electrons. The molecule has 1 N–H and O–H groups in total. The summed E-state index contributed by atoms with van der Waals surface area (Å²) in [6, 6.07) is 0. The van der Waals surface area contributed by atoms with Gasteiger partial charge in [0.2, 0.25) is 5.91 Å². The summed E-state index contributed by atoms with van der Waals surface area (Å²) in [5.41, 5.74) is -0.218. The van der Waals surface area contributed by atoms with E-state index in [2.05, 4.69) is 45.2 Å². The number of hydrogen-bond donors (Lipinski definition) is 1. The Hall–Kier alpha value is -0.790. The molecule has 0 saturated heterocycles. The molecule has 0 aliphatic heterocycles. The molecule has 1 aliphatic carbocycles. The van der Waals surface area contributed by atoms with Crippen LogP contribution in [-0.2, 0) is 4.79 Å². The van der Waals surface area contributed by atoms with Gasteiger partial charge < -0.3 is 5.32 Å². The summed E-state index contributed by atoms with van der Waals surface area (Å²) in [6.45, 7) is 8.40. The van der Waals surface area contributed by atoms with Gasteiger partial charge in [0.25, 0.3) is 0 Å². The Morgan fingerprint density at radius 2 is 1.88 bits per heavy atom. The van der Waals surface area contributed by atoms with Crippen molar-refractivity contribution in [2.45, 2.75) is 58.9 Å². The molecule has 1 amide bonds. The number of allylic oxidation sites excluding steroid dienone is 1. The smallest absolute Gasteiger partial charge is 0.223 e. The number of rotatable bonds is 4. The van der Waals surface area contributed by atoms with Crippen LogP contribution in [0.1, 0.15) is 53.4 Å². The number of hydrogen-bond acceptors (Lipinski definition) is 1. The fraction of sp³-hybridized carbons (Fsp3) is 0.786. The predicted octanol–water partition coefficient (Wildman–Crippen LogP) is 3.28. The van der Waals surface area contributed by atoms with Crippen molar-refractivity contribution in [2.75, 3.05) is 0 Å². The quantitative estimate of drug-likeness (QED) is 0.728. The third-order valence-corrected chi connectivity index (χ3v) is 3.07. The summed E-state index contributed by atoms with van der Waals surface area (Å²) in [5, 5.41) is 3.13. The molecule has 0 radical (unpaired) electrons. The standard InChI is InChI=1S/C14H25NO/c1-11(2)9-10-14(3,4)15-13(16)12-7-5-6-8-12/h9-12H,5-8H2,1-4H3,(H,15,16)/b10-9+. The fourth-order valence-electron chi connectivity index (χ4n) is 2.08. The highest BCUT2D eigenvalue weighted by atomic mass is 16.2. The highest BCUT2D eigenvalue weighted by molar-refractivity contribution is 5.79. The van der Waals surface area contributed by atoms with Gasteiger partial charge in [-0.3, -0.25) is 4.79 Å². The number of amides is 1. The molecule has 0 aromatic carbocycles. The van der Waals surface area contributed by atoms with Crippen molar-refractivity contribution < 1.29 is 4.79 Å². The van der Waals surface area contributed by atoms with Crippen LogP contribution in [0.4, 0.5) is 0 Å². The van der Waals surface area contributed by atoms with Crippen molar-refractivity contribution >= 4 is 5.91 Å². The maximum Gasteiger partial charge on any atom is 0.223 e. The van der Waals surface area contributed by atoms with E-state index in [-0.39, 0.29) is 17.4 Å². The van der Waals surface area contributed by atoms with E-state index in [9.17, 15) is 4.79 Å². The molecule has 0 atom stereocenters. The first-order chi connectivity index (χ1) is 7.41. The van der Waals surface area contributed by atoms with Gasteiger partial charge in [-0.05, 0) is 32.6 Å². The molecule has 0 bridgehead atoms. The minimum Gasteiger partial charge on any atom is -0.348 e. The number of carbonyl (C=O) groups excluding carboxylic acids is 1. The Morgan fingerprint density at radius 1 is 1.31 bits per heavy atom. The minimum atomic E-state index is -0.218. The van der Waals surface area contributed by atoms with Crippen LogP contribution in [0, 0.1) is 11.8 Å². The van der Waals surface area contributed by atoms with Crippen LogP contribution in [0.5, 0.6) is 0 Å². The van der Waals surface area contributed by atoms with Crippen LogP contribution in [-0.4, -0.2) is 11.4 Å². The molecule has 1 aliphatic rings. The molecule has 16 heavy (non-hydrogen) atoms. The van der Waals surface area contributed by atoms with Gasteiger partial charge in [0.1, 0.15) is 0 Å². The lowest BCUT2D eigenvalue weighted by molar-refractivity contribution is -0.125. The highest BCUT2D eigenvalue weighted by Gasteiger charge is 2.26. The minimum absolute atomic E-state index is 0.218. The largest absolute Gasteiger partial charge is 0.348 e. The zero-order valence-electron chi connectivity index (χ0n) is 11.0. The zero-order valence-corrected chi connectivity index (χ0v) is 11.0. The Balaban J connectivity index is 2.47. The van der Waals surface area contributed by atoms with E-state index in [1.807, 2.05) is 0 Å². The lowest BCUT2D eigenvalue weighted by Crippen LogP contribution is -2.44. The summed E-state index contributed by atoms with van der Waals surface area (Å²) in [7, 11) is 0. The van der Waals surface area contributed by atoms with Crippen LogP contribution < -0.4 is 5.32 Å². The van der Waals surface area contributed by atoms with Crippen molar-refractivity contribution in [3.05, 3.63) is 12.2 Å². The van der Waals surface area contributed by atoms with Gasteiger partial charge in [-0.25, -0.2) is 0 Å². The summed E-state index contributed by atoms with van der Waals surface area (Å²) in [5.74, 6) is 1.02. The molecule has 0 spiro atoms. The second kappa shape index (κ2) is 5.51. The molecule has 1 rings (SSSR count). The van der Waals surface area contributed by atoms with Crippen molar-refractivity contribution in [2.24, 2.45) is 11.8 Å². The molecular weight excluding hydrogens is 198 g/mol. The first-order valence-corrected chi connectivity index (χ1v) is 6.42. The van der Waals surface area contributed by atoms with Gasteiger partial charge in [0.05, 0.1) is 5.54 Å². The van der Waals surface area contributed by atoms with Gasteiger partial charge in [0.15, 0.2) is 0 Å². The van der Waals surface area contributed by atoms with E-state index < -0.39 is 0 Å². The third kappa shape index (κ3) is 4.38. The first-order valence-electron chi connectivity index (χ1n) is 6.42. The van der Waals surface area contributed by atoms with Gasteiger partial charge >= 0.3 is 0 Å². The highest BCUT2D eigenvalue weighted by Crippen LogP contribution is 2.25. The van der Waals surface area contributed by atoms with Gasteiger partial charge in [0, 0.05) is 5.92 Å². The lowest BCUT2D eigenvalue weighted by atomic mass is 9.99. The van der Waals surface area contributed by atoms with Crippen molar-refractivity contribution in [1.82, 2.24) is 5.32 Å². The Morgan fingerprint density at radius 3 is 2.38 bits per heavy atom. The summed E-state index contributed by atoms with van der Waals surface area (Å²) in [6.07, 6.45) is 8.80. The van der Waals surface area contributed by atoms with E-state index in [4.69, 9.17) is 0 Å². The summed E-state index contributed by atoms with van der Waals surface area (Å²) in [4.78, 5) is 12.0. The molecule has 1 saturated carbocycles. The fourth-order valence-corrected chi connectivity index (χ4v) is 2.08. The Kier molecular flexibility index (Phi) is 4.57. The summed E-state index contributed by atoms with van der Waals surface area (Å²) < 4.78 is 0. The van der Waals surface area contributed by atoms with Crippen molar-refractivity contribution in [3.63, 3.8) is 0 Å². The average molecular weight is 223 g/mol. The van der Waals surface area contributed by atoms with Crippen molar-refractivity contribution in [3.8, 4) is 0 Å². The van der Waals surface area contributed by atoms with Crippen LogP contribution in [0.25, 0.3) is 0 Å². The van der Waals surface area contributed by atoms with Crippen LogP contribution in [0.15, 0.2) is 12.2 Å². The SMILES string of the molecule is CC(C)/C=C/C(C)(C)NC(=O)C1CCCC1. The van der Waals surface area contributed by atoms with Gasteiger partial charge in [-0.1, -0.05) is 38.8 Å². The molecule has 0 aromatic heterocycles. The van der Waals surface area contributed by atoms with E-state index >= 15 is 0 Å². The molecule has 0 heterocycles. The monoisotopic (exact) mass is 223 g/mol. The normalized spacial score (nSPS) is 18.6. The molecule has 1 fully saturated rings. The van der Waals surface area contributed by atoms with E-state index in [0.29, 0.717) is 5.92 Å².